The van der Waals surface area contributed by atoms with E-state index in [-0.39, 0.29) is 40.4 Å². The standard InChI is InChI=1S/C22H21ClFN3O4/c1-22(2,3)27-20(30)13-8-7-12(11-14(13)21(27)31)18(28)25-9-10-26-19(29)17-15(23)5-4-6-16(17)24/h4-8,11H,9-10H2,1-3H3,(H,25,28)(H,26,29). The molecule has 2 aromatic carbocycles. The Bertz CT molecular complexity index is 1070. The van der Waals surface area contributed by atoms with Crippen molar-refractivity contribution in [2.45, 2.75) is 26.3 Å². The highest BCUT2D eigenvalue weighted by atomic mass is 35.5. The molecule has 2 N–H and O–H groups in total. The molecule has 0 bridgehead atoms. The van der Waals surface area contributed by atoms with Gasteiger partial charge in [0.05, 0.1) is 21.7 Å². The summed E-state index contributed by atoms with van der Waals surface area (Å²) in [5.41, 5.74) is -0.310. The number of benzene rings is 2. The number of hydrogen-bond acceptors (Lipinski definition) is 4. The quantitative estimate of drug-likeness (QED) is 0.546. The number of fused-ring (bicyclic) bond motifs is 1. The summed E-state index contributed by atoms with van der Waals surface area (Å²) in [5, 5.41) is 5.07. The monoisotopic (exact) mass is 445 g/mol. The molecule has 31 heavy (non-hydrogen) atoms. The molecule has 9 heteroatoms. The van der Waals surface area contributed by atoms with E-state index in [0.29, 0.717) is 0 Å². The smallest absolute Gasteiger partial charge is 0.262 e. The maximum Gasteiger partial charge on any atom is 0.262 e. The van der Waals surface area contributed by atoms with E-state index in [9.17, 15) is 23.6 Å². The van der Waals surface area contributed by atoms with Crippen LogP contribution in [-0.4, -0.2) is 47.2 Å². The van der Waals surface area contributed by atoms with Crippen LogP contribution in [-0.2, 0) is 0 Å². The van der Waals surface area contributed by atoms with Gasteiger partial charge in [-0.1, -0.05) is 17.7 Å². The lowest BCUT2D eigenvalue weighted by molar-refractivity contribution is 0.0507. The molecule has 0 spiro atoms. The lowest BCUT2D eigenvalue weighted by Gasteiger charge is -2.29. The van der Waals surface area contributed by atoms with Crippen LogP contribution in [0.2, 0.25) is 5.02 Å². The predicted molar refractivity (Wildman–Crippen MR) is 113 cm³/mol. The van der Waals surface area contributed by atoms with Crippen molar-refractivity contribution < 1.29 is 23.6 Å². The molecule has 0 radical (unpaired) electrons. The number of nitrogens with one attached hydrogen (secondary N) is 2. The van der Waals surface area contributed by atoms with Crippen molar-refractivity contribution in [3.8, 4) is 0 Å². The van der Waals surface area contributed by atoms with Crippen LogP contribution in [0, 0.1) is 5.82 Å². The molecule has 0 unspecified atom stereocenters. The molecule has 0 atom stereocenters. The Kier molecular flexibility index (Phi) is 6.13. The van der Waals surface area contributed by atoms with Crippen LogP contribution in [0.5, 0.6) is 0 Å². The van der Waals surface area contributed by atoms with E-state index >= 15 is 0 Å². The average Bonchev–Trinajstić information content (AvgIpc) is 2.95. The lowest BCUT2D eigenvalue weighted by atomic mass is 10.1. The zero-order chi connectivity index (χ0) is 22.9. The van der Waals surface area contributed by atoms with Gasteiger partial charge in [-0.05, 0) is 51.1 Å². The highest BCUT2D eigenvalue weighted by Crippen LogP contribution is 2.29. The fraction of sp³-hybridized carbons (Fsp3) is 0.273. The van der Waals surface area contributed by atoms with Gasteiger partial charge in [0.2, 0.25) is 0 Å². The zero-order valence-electron chi connectivity index (χ0n) is 17.2. The third-order valence-electron chi connectivity index (χ3n) is 4.71. The summed E-state index contributed by atoms with van der Waals surface area (Å²) in [7, 11) is 0. The van der Waals surface area contributed by atoms with Gasteiger partial charge in [-0.25, -0.2) is 4.39 Å². The summed E-state index contributed by atoms with van der Waals surface area (Å²) in [5.74, 6) is -2.75. The second-order valence-electron chi connectivity index (χ2n) is 7.99. The van der Waals surface area contributed by atoms with Crippen LogP contribution in [0.3, 0.4) is 0 Å². The number of nitrogens with zero attached hydrogens (tertiary/aromatic N) is 1. The first kappa shape index (κ1) is 22.4. The first-order valence-electron chi connectivity index (χ1n) is 9.55. The number of carbonyl (C=O) groups is 4. The highest BCUT2D eigenvalue weighted by Gasteiger charge is 2.42. The van der Waals surface area contributed by atoms with Crippen molar-refractivity contribution in [1.29, 1.82) is 0 Å². The average molecular weight is 446 g/mol. The Morgan fingerprint density at radius 1 is 0.968 bits per heavy atom. The fourth-order valence-electron chi connectivity index (χ4n) is 3.25. The van der Waals surface area contributed by atoms with E-state index in [0.717, 1.165) is 6.07 Å². The topological polar surface area (TPSA) is 95.6 Å². The van der Waals surface area contributed by atoms with E-state index in [1.807, 2.05) is 0 Å². The Morgan fingerprint density at radius 2 is 1.58 bits per heavy atom. The van der Waals surface area contributed by atoms with Gasteiger partial charge < -0.3 is 10.6 Å². The molecule has 3 rings (SSSR count). The molecular formula is C22H21ClFN3O4. The molecule has 1 aliphatic heterocycles. The molecule has 1 heterocycles. The zero-order valence-corrected chi connectivity index (χ0v) is 18.0. The van der Waals surface area contributed by atoms with Gasteiger partial charge in [-0.3, -0.25) is 24.1 Å². The number of imide groups is 1. The van der Waals surface area contributed by atoms with Crippen LogP contribution in [0.4, 0.5) is 4.39 Å². The molecule has 0 aliphatic carbocycles. The van der Waals surface area contributed by atoms with Gasteiger partial charge in [-0.15, -0.1) is 0 Å². The lowest BCUT2D eigenvalue weighted by Crippen LogP contribution is -2.45. The third-order valence-corrected chi connectivity index (χ3v) is 5.02. The normalized spacial score (nSPS) is 13.3. The van der Waals surface area contributed by atoms with Gasteiger partial charge in [-0.2, -0.15) is 0 Å². The van der Waals surface area contributed by atoms with Crippen molar-refractivity contribution in [2.75, 3.05) is 13.1 Å². The molecule has 1 aliphatic rings. The molecule has 162 valence electrons. The molecule has 2 aromatic rings. The summed E-state index contributed by atoms with van der Waals surface area (Å²) in [6.07, 6.45) is 0. The number of amides is 4. The van der Waals surface area contributed by atoms with Crippen molar-refractivity contribution in [3.63, 3.8) is 0 Å². The Balaban J connectivity index is 1.61. The van der Waals surface area contributed by atoms with Crippen molar-refractivity contribution in [1.82, 2.24) is 15.5 Å². The maximum absolute atomic E-state index is 13.8. The fourth-order valence-corrected chi connectivity index (χ4v) is 3.50. The van der Waals surface area contributed by atoms with Crippen LogP contribution < -0.4 is 10.6 Å². The Morgan fingerprint density at radius 3 is 2.19 bits per heavy atom. The number of carbonyl (C=O) groups excluding carboxylic acids is 4. The van der Waals surface area contributed by atoms with Crippen molar-refractivity contribution in [3.05, 3.63) is 69.5 Å². The molecule has 0 saturated carbocycles. The SMILES string of the molecule is CC(C)(C)N1C(=O)c2ccc(C(=O)NCCNC(=O)c3c(F)cccc3Cl)cc2C1=O. The van der Waals surface area contributed by atoms with E-state index in [1.54, 1.807) is 20.8 Å². The summed E-state index contributed by atoms with van der Waals surface area (Å²) in [6.45, 7) is 5.37. The van der Waals surface area contributed by atoms with Gasteiger partial charge in [0.1, 0.15) is 5.82 Å². The summed E-state index contributed by atoms with van der Waals surface area (Å²) in [4.78, 5) is 50.8. The molecular weight excluding hydrogens is 425 g/mol. The van der Waals surface area contributed by atoms with Crippen LogP contribution in [0.15, 0.2) is 36.4 Å². The minimum Gasteiger partial charge on any atom is -0.350 e. The van der Waals surface area contributed by atoms with E-state index < -0.39 is 35.0 Å². The van der Waals surface area contributed by atoms with E-state index in [2.05, 4.69) is 10.6 Å². The molecule has 0 saturated heterocycles. The minimum atomic E-state index is -0.740. The van der Waals surface area contributed by atoms with Crippen LogP contribution in [0.1, 0.15) is 62.2 Å². The third kappa shape index (κ3) is 4.44. The first-order chi connectivity index (χ1) is 14.5. The van der Waals surface area contributed by atoms with Gasteiger partial charge >= 0.3 is 0 Å². The Labute approximate surface area is 183 Å². The largest absolute Gasteiger partial charge is 0.350 e. The molecule has 4 amide bonds. The second kappa shape index (κ2) is 8.47. The van der Waals surface area contributed by atoms with E-state index in [1.165, 1.54) is 35.2 Å². The van der Waals surface area contributed by atoms with Crippen LogP contribution >= 0.6 is 11.6 Å². The molecule has 7 nitrogen and oxygen atoms in total. The number of halogens is 2. The van der Waals surface area contributed by atoms with Gasteiger partial charge in [0, 0.05) is 24.2 Å². The minimum absolute atomic E-state index is 0.0109. The summed E-state index contributed by atoms with van der Waals surface area (Å²) >= 11 is 5.85. The second-order valence-corrected chi connectivity index (χ2v) is 8.39. The number of hydrogen-bond donors (Lipinski definition) is 2. The van der Waals surface area contributed by atoms with Crippen molar-refractivity contribution in [2.24, 2.45) is 0 Å². The van der Waals surface area contributed by atoms with Gasteiger partial charge in [0.25, 0.3) is 23.6 Å². The summed E-state index contributed by atoms with van der Waals surface area (Å²) < 4.78 is 13.8. The van der Waals surface area contributed by atoms with Crippen molar-refractivity contribution >= 4 is 35.2 Å². The Hall–Kier alpha value is -3.26. The molecule has 0 fully saturated rings. The summed E-state index contributed by atoms with van der Waals surface area (Å²) in [6, 6.07) is 8.23. The first-order valence-corrected chi connectivity index (χ1v) is 9.93. The predicted octanol–water partition coefficient (Wildman–Crippen LogP) is 3.03. The number of rotatable bonds is 5. The highest BCUT2D eigenvalue weighted by molar-refractivity contribution is 6.33. The molecule has 0 aromatic heterocycles. The van der Waals surface area contributed by atoms with Crippen LogP contribution in [0.25, 0.3) is 0 Å². The van der Waals surface area contributed by atoms with Gasteiger partial charge in [0.15, 0.2) is 0 Å². The van der Waals surface area contributed by atoms with E-state index in [4.69, 9.17) is 11.6 Å². The maximum atomic E-state index is 13.8.